The highest BCUT2D eigenvalue weighted by Gasteiger charge is 2.30. The number of guanidine groups is 1. The maximum absolute atomic E-state index is 13.1. The largest absolute Gasteiger partial charge is 0.481 e. The van der Waals surface area contributed by atoms with E-state index in [1.165, 1.54) is 11.8 Å². The molecule has 0 bridgehead atoms. The molecular weight excluding hydrogens is 520 g/mol. The third kappa shape index (κ3) is 15.9. The second-order valence-electron chi connectivity index (χ2n) is 8.58. The monoisotopic (exact) mass is 562 g/mol. The predicted molar refractivity (Wildman–Crippen MR) is 144 cm³/mol. The lowest BCUT2D eigenvalue weighted by Gasteiger charge is -2.25. The van der Waals surface area contributed by atoms with E-state index >= 15 is 0 Å². The minimum atomic E-state index is -1.22. The van der Waals surface area contributed by atoms with Crippen molar-refractivity contribution in [1.82, 2.24) is 16.0 Å². The SMILES string of the molecule is CSCCC(NC(=O)C(N)CCC(=O)O)C(=O)NC(CCCN=C(N)N)C(=O)NC(CCCCN)C(=O)O. The van der Waals surface area contributed by atoms with Crippen molar-refractivity contribution in [2.75, 3.05) is 25.1 Å². The summed E-state index contributed by atoms with van der Waals surface area (Å²) in [5, 5.41) is 25.9. The van der Waals surface area contributed by atoms with Crippen LogP contribution in [-0.4, -0.2) is 95.1 Å². The van der Waals surface area contributed by atoms with Crippen LogP contribution < -0.4 is 38.9 Å². The normalized spacial score (nSPS) is 13.9. The van der Waals surface area contributed by atoms with E-state index in [1.54, 1.807) is 0 Å². The number of hydrogen-bond donors (Lipinski definition) is 9. The lowest BCUT2D eigenvalue weighted by Crippen LogP contribution is -2.57. The van der Waals surface area contributed by atoms with Crippen LogP contribution >= 0.6 is 11.8 Å². The number of carboxylic acids is 2. The summed E-state index contributed by atoms with van der Waals surface area (Å²) in [7, 11) is 0. The van der Waals surface area contributed by atoms with Gasteiger partial charge in [-0.15, -0.1) is 0 Å². The van der Waals surface area contributed by atoms with Crippen molar-refractivity contribution in [3.8, 4) is 0 Å². The molecule has 0 spiro atoms. The van der Waals surface area contributed by atoms with E-state index in [0.717, 1.165) is 0 Å². The maximum Gasteiger partial charge on any atom is 0.326 e. The van der Waals surface area contributed by atoms with Gasteiger partial charge in [0.15, 0.2) is 5.96 Å². The van der Waals surface area contributed by atoms with Crippen molar-refractivity contribution >= 4 is 47.4 Å². The quantitative estimate of drug-likeness (QED) is 0.0404. The molecule has 0 aromatic carbocycles. The van der Waals surface area contributed by atoms with Crippen LogP contribution in [0, 0.1) is 0 Å². The van der Waals surface area contributed by atoms with E-state index in [0.29, 0.717) is 31.6 Å². The van der Waals surface area contributed by atoms with Gasteiger partial charge >= 0.3 is 11.9 Å². The Kier molecular flexibility index (Phi) is 18.3. The predicted octanol–water partition coefficient (Wildman–Crippen LogP) is -2.35. The number of rotatable bonds is 21. The summed E-state index contributed by atoms with van der Waals surface area (Å²) in [6, 6.07) is -4.51. The zero-order valence-corrected chi connectivity index (χ0v) is 22.5. The number of thioether (sulfide) groups is 1. The Balaban J connectivity index is 5.56. The number of hydrogen-bond acceptors (Lipinski definition) is 9. The molecule has 0 fully saturated rings. The molecule has 0 aliphatic carbocycles. The number of aliphatic carboxylic acids is 2. The molecule has 0 saturated heterocycles. The fourth-order valence-electron chi connectivity index (χ4n) is 3.26. The molecule has 0 aromatic heterocycles. The highest BCUT2D eigenvalue weighted by Crippen LogP contribution is 2.07. The van der Waals surface area contributed by atoms with Crippen molar-refractivity contribution in [3.05, 3.63) is 0 Å². The molecule has 4 unspecified atom stereocenters. The first-order valence-electron chi connectivity index (χ1n) is 12.3. The summed E-state index contributed by atoms with van der Waals surface area (Å²) in [4.78, 5) is 64.8. The van der Waals surface area contributed by atoms with Gasteiger partial charge in [0.25, 0.3) is 0 Å². The van der Waals surface area contributed by atoms with E-state index < -0.39 is 53.8 Å². The standard InChI is InChI=1S/C22H42N8O7S/c1-38-12-9-15(28-18(33)13(24)7-8-17(31)32)20(35)29-14(6-4-11-27-22(25)26)19(34)30-16(21(36)37)5-2-3-10-23/h13-16H,2-12,23-24H2,1H3,(H,28,33)(H,29,35)(H,30,34)(H,31,32)(H,36,37)(H4,25,26,27). The summed E-state index contributed by atoms with van der Waals surface area (Å²) in [5.74, 6) is -4.06. The Bertz CT molecular complexity index is 811. The molecule has 0 heterocycles. The van der Waals surface area contributed by atoms with E-state index in [2.05, 4.69) is 20.9 Å². The number of carbonyl (C=O) groups excluding carboxylic acids is 3. The van der Waals surface area contributed by atoms with Gasteiger partial charge < -0.3 is 49.1 Å². The number of carbonyl (C=O) groups is 5. The molecule has 0 aliphatic heterocycles. The maximum atomic E-state index is 13.1. The topological polar surface area (TPSA) is 278 Å². The van der Waals surface area contributed by atoms with Gasteiger partial charge in [-0.1, -0.05) is 0 Å². The van der Waals surface area contributed by atoms with Gasteiger partial charge in [-0.2, -0.15) is 11.8 Å². The zero-order valence-electron chi connectivity index (χ0n) is 21.7. The molecule has 16 heteroatoms. The molecule has 218 valence electrons. The van der Waals surface area contributed by atoms with Crippen LogP contribution in [0.3, 0.4) is 0 Å². The van der Waals surface area contributed by atoms with Gasteiger partial charge in [-0.05, 0) is 63.5 Å². The third-order valence-corrected chi connectivity index (χ3v) is 6.03. The van der Waals surface area contributed by atoms with Gasteiger partial charge in [0.05, 0.1) is 6.04 Å². The third-order valence-electron chi connectivity index (χ3n) is 5.39. The second kappa shape index (κ2) is 19.9. The van der Waals surface area contributed by atoms with Crippen LogP contribution in [0.2, 0.25) is 0 Å². The Labute approximate surface area is 226 Å². The number of amides is 3. The zero-order chi connectivity index (χ0) is 29.1. The van der Waals surface area contributed by atoms with Crippen molar-refractivity contribution in [3.63, 3.8) is 0 Å². The summed E-state index contributed by atoms with van der Waals surface area (Å²) < 4.78 is 0. The summed E-state index contributed by atoms with van der Waals surface area (Å²) >= 11 is 1.43. The van der Waals surface area contributed by atoms with E-state index in [1.807, 2.05) is 6.26 Å². The van der Waals surface area contributed by atoms with Crippen LogP contribution in [0.25, 0.3) is 0 Å². The van der Waals surface area contributed by atoms with Crippen molar-refractivity contribution in [2.24, 2.45) is 27.9 Å². The molecule has 0 rings (SSSR count). The lowest BCUT2D eigenvalue weighted by molar-refractivity contribution is -0.142. The summed E-state index contributed by atoms with van der Waals surface area (Å²) in [6.45, 7) is 0.554. The molecule has 0 aromatic rings. The summed E-state index contributed by atoms with van der Waals surface area (Å²) in [6.07, 6.45) is 3.21. The number of carboxylic acid groups (broad SMARTS) is 2. The van der Waals surface area contributed by atoms with Crippen molar-refractivity contribution < 1.29 is 34.2 Å². The van der Waals surface area contributed by atoms with Gasteiger partial charge in [-0.3, -0.25) is 24.2 Å². The van der Waals surface area contributed by atoms with Crippen LogP contribution in [-0.2, 0) is 24.0 Å². The molecule has 0 saturated carbocycles. The lowest BCUT2D eigenvalue weighted by atomic mass is 10.1. The van der Waals surface area contributed by atoms with E-state index in [4.69, 9.17) is 28.0 Å². The Morgan fingerprint density at radius 3 is 1.89 bits per heavy atom. The summed E-state index contributed by atoms with van der Waals surface area (Å²) in [5.41, 5.74) is 21.9. The molecule has 0 radical (unpaired) electrons. The average Bonchev–Trinajstić information content (AvgIpc) is 2.85. The smallest absolute Gasteiger partial charge is 0.326 e. The Hall–Kier alpha value is -3.11. The Morgan fingerprint density at radius 1 is 0.816 bits per heavy atom. The van der Waals surface area contributed by atoms with Gasteiger partial charge in [-0.25, -0.2) is 4.79 Å². The molecule has 38 heavy (non-hydrogen) atoms. The van der Waals surface area contributed by atoms with Gasteiger partial charge in [0.2, 0.25) is 17.7 Å². The van der Waals surface area contributed by atoms with Crippen LogP contribution in [0.5, 0.6) is 0 Å². The number of nitrogens with one attached hydrogen (secondary N) is 3. The second-order valence-corrected chi connectivity index (χ2v) is 9.56. The highest BCUT2D eigenvalue weighted by molar-refractivity contribution is 7.98. The molecule has 4 atom stereocenters. The van der Waals surface area contributed by atoms with E-state index in [9.17, 15) is 29.1 Å². The minimum absolute atomic E-state index is 0.0881. The number of unbranched alkanes of at least 4 members (excludes halogenated alkanes) is 1. The van der Waals surface area contributed by atoms with Crippen LogP contribution in [0.15, 0.2) is 4.99 Å². The van der Waals surface area contributed by atoms with Gasteiger partial charge in [0.1, 0.15) is 18.1 Å². The van der Waals surface area contributed by atoms with E-state index in [-0.39, 0.29) is 44.6 Å². The number of nitrogens with two attached hydrogens (primary N) is 4. The molecule has 15 nitrogen and oxygen atoms in total. The molecular formula is C22H42N8O7S. The minimum Gasteiger partial charge on any atom is -0.481 e. The number of aliphatic imine (C=N–C) groups is 1. The molecule has 13 N–H and O–H groups in total. The molecule has 3 amide bonds. The van der Waals surface area contributed by atoms with Crippen molar-refractivity contribution in [1.29, 1.82) is 0 Å². The average molecular weight is 563 g/mol. The van der Waals surface area contributed by atoms with Gasteiger partial charge in [0, 0.05) is 13.0 Å². The first-order valence-corrected chi connectivity index (χ1v) is 13.7. The molecule has 0 aliphatic rings. The van der Waals surface area contributed by atoms with Crippen LogP contribution in [0.4, 0.5) is 0 Å². The first kappa shape index (κ1) is 34.9. The fraction of sp³-hybridized carbons (Fsp3) is 0.727. The van der Waals surface area contributed by atoms with Crippen LogP contribution in [0.1, 0.15) is 51.4 Å². The van der Waals surface area contributed by atoms with Crippen molar-refractivity contribution in [2.45, 2.75) is 75.5 Å². The Morgan fingerprint density at radius 2 is 1.37 bits per heavy atom. The number of nitrogens with zero attached hydrogens (tertiary/aromatic N) is 1. The highest BCUT2D eigenvalue weighted by atomic mass is 32.2. The first-order chi connectivity index (χ1) is 17.9. The fourth-order valence-corrected chi connectivity index (χ4v) is 3.73.